The number of benzene rings is 1. The summed E-state index contributed by atoms with van der Waals surface area (Å²) >= 11 is 0. The van der Waals surface area contributed by atoms with Crippen LogP contribution in [0.1, 0.15) is 20.3 Å². The first kappa shape index (κ1) is 9.84. The lowest BCUT2D eigenvalue weighted by Gasteiger charge is -1.89. The molecule has 0 atom stereocenters. The molecular weight excluding hydrogens is 186 g/mol. The summed E-state index contributed by atoms with van der Waals surface area (Å²) in [5, 5.41) is 2.23. The van der Waals surface area contributed by atoms with Gasteiger partial charge in [-0.3, -0.25) is 0 Å². The van der Waals surface area contributed by atoms with E-state index in [0.29, 0.717) is 0 Å². The molecule has 1 aromatic heterocycles. The van der Waals surface area contributed by atoms with Crippen molar-refractivity contribution < 1.29 is 4.42 Å². The Morgan fingerprint density at radius 1 is 1.40 bits per heavy atom. The van der Waals surface area contributed by atoms with E-state index >= 15 is 0 Å². The predicted molar refractivity (Wildman–Crippen MR) is 63.5 cm³/mol. The number of hydrogen-bond donors (Lipinski definition) is 1. The molecule has 0 aliphatic carbocycles. The molecule has 2 aromatic rings. The first-order chi connectivity index (χ1) is 7.27. The highest BCUT2D eigenvalue weighted by Crippen LogP contribution is 2.07. The minimum atomic E-state index is 0.805. The molecule has 0 amide bonds. The third kappa shape index (κ3) is 1.52. The molecule has 2 nitrogen and oxygen atoms in total. The highest BCUT2D eigenvalue weighted by molar-refractivity contribution is 5.79. The van der Waals surface area contributed by atoms with Crippen LogP contribution in [-0.4, -0.2) is 0 Å². The lowest BCUT2D eigenvalue weighted by Crippen LogP contribution is -2.25. The Kier molecular flexibility index (Phi) is 2.50. The second-order valence-corrected chi connectivity index (χ2v) is 3.51. The van der Waals surface area contributed by atoms with Crippen molar-refractivity contribution in [1.29, 1.82) is 0 Å². The highest BCUT2D eigenvalue weighted by Gasteiger charge is 2.03. The fourth-order valence-corrected chi connectivity index (χ4v) is 1.75. The van der Waals surface area contributed by atoms with Gasteiger partial charge in [-0.2, -0.15) is 0 Å². The van der Waals surface area contributed by atoms with Gasteiger partial charge < -0.3 is 10.2 Å². The Labute approximate surface area is 88.7 Å². The van der Waals surface area contributed by atoms with Gasteiger partial charge in [-0.25, -0.2) is 0 Å². The van der Waals surface area contributed by atoms with Gasteiger partial charge in [0, 0.05) is 10.6 Å². The Hall–Kier alpha value is -1.70. The molecule has 0 bridgehead atoms. The first-order valence-electron chi connectivity index (χ1n) is 5.20. The van der Waals surface area contributed by atoms with Gasteiger partial charge in [-0.05, 0) is 19.4 Å². The van der Waals surface area contributed by atoms with Crippen LogP contribution < -0.4 is 16.4 Å². The van der Waals surface area contributed by atoms with Crippen molar-refractivity contribution in [3.05, 3.63) is 34.9 Å². The number of furan rings is 1. The lowest BCUT2D eigenvalue weighted by atomic mass is 10.2. The molecule has 0 spiro atoms. The summed E-state index contributed by atoms with van der Waals surface area (Å²) in [7, 11) is 0. The number of hydrogen-bond acceptors (Lipinski definition) is 2. The van der Waals surface area contributed by atoms with Crippen molar-refractivity contribution >= 4 is 22.7 Å². The molecule has 1 aromatic carbocycles. The van der Waals surface area contributed by atoms with Crippen LogP contribution in [0.25, 0.3) is 22.7 Å². The van der Waals surface area contributed by atoms with Gasteiger partial charge in [-0.1, -0.05) is 31.2 Å². The van der Waals surface area contributed by atoms with Gasteiger partial charge in [0.25, 0.3) is 0 Å². The number of rotatable bonds is 1. The summed E-state index contributed by atoms with van der Waals surface area (Å²) in [6.45, 7) is 4.03. The molecule has 78 valence electrons. The average Bonchev–Trinajstić information content (AvgIpc) is 2.66. The van der Waals surface area contributed by atoms with Crippen LogP contribution in [0.5, 0.6) is 0 Å². The maximum Gasteiger partial charge on any atom is 0.153 e. The fourth-order valence-electron chi connectivity index (χ4n) is 1.75. The van der Waals surface area contributed by atoms with Crippen LogP contribution in [0.2, 0.25) is 0 Å². The minimum absolute atomic E-state index is 0.805. The number of para-hydroxylation sites is 1. The summed E-state index contributed by atoms with van der Waals surface area (Å²) < 4.78 is 5.75. The molecular formula is C13H15NO. The minimum Gasteiger partial charge on any atom is -0.454 e. The maximum absolute atomic E-state index is 5.94. The zero-order chi connectivity index (χ0) is 10.8. The van der Waals surface area contributed by atoms with Gasteiger partial charge in [0.2, 0.25) is 0 Å². The fraction of sp³-hybridized carbons (Fsp3) is 0.231. The van der Waals surface area contributed by atoms with Crippen LogP contribution in [0.3, 0.4) is 0 Å². The second-order valence-electron chi connectivity index (χ2n) is 3.51. The van der Waals surface area contributed by atoms with E-state index < -0.39 is 0 Å². The van der Waals surface area contributed by atoms with Gasteiger partial charge >= 0.3 is 0 Å². The van der Waals surface area contributed by atoms with Crippen LogP contribution in [-0.2, 0) is 0 Å². The summed E-state index contributed by atoms with van der Waals surface area (Å²) in [6.07, 6.45) is 2.85. The Morgan fingerprint density at radius 3 is 2.80 bits per heavy atom. The molecule has 15 heavy (non-hydrogen) atoms. The van der Waals surface area contributed by atoms with Crippen molar-refractivity contribution in [2.24, 2.45) is 5.73 Å². The third-order valence-corrected chi connectivity index (χ3v) is 2.60. The summed E-state index contributed by atoms with van der Waals surface area (Å²) in [5.74, 6) is 0. The van der Waals surface area contributed by atoms with Crippen LogP contribution in [0.15, 0.2) is 28.7 Å². The topological polar surface area (TPSA) is 39.2 Å². The van der Waals surface area contributed by atoms with Crippen molar-refractivity contribution in [3.8, 4) is 0 Å². The van der Waals surface area contributed by atoms with Crippen molar-refractivity contribution in [3.63, 3.8) is 0 Å². The normalized spacial score (nSPS) is 14.7. The van der Waals surface area contributed by atoms with Crippen LogP contribution >= 0.6 is 0 Å². The van der Waals surface area contributed by atoms with E-state index in [1.54, 1.807) is 0 Å². The van der Waals surface area contributed by atoms with E-state index in [9.17, 15) is 0 Å². The Bertz CT molecular complexity index is 593. The zero-order valence-corrected chi connectivity index (χ0v) is 9.08. The molecule has 0 saturated heterocycles. The SMILES string of the molecule is C/C=c1\c(=C(\N)CC)oc2ccccc12. The Morgan fingerprint density at radius 2 is 2.13 bits per heavy atom. The molecule has 0 aliphatic heterocycles. The first-order valence-corrected chi connectivity index (χ1v) is 5.20. The van der Waals surface area contributed by atoms with Gasteiger partial charge in [0.15, 0.2) is 5.42 Å². The molecule has 0 unspecified atom stereocenters. The molecule has 2 rings (SSSR count). The van der Waals surface area contributed by atoms with Crippen LogP contribution in [0, 0.1) is 0 Å². The molecule has 1 heterocycles. The zero-order valence-electron chi connectivity index (χ0n) is 9.08. The van der Waals surface area contributed by atoms with E-state index in [1.807, 2.05) is 38.1 Å². The van der Waals surface area contributed by atoms with Crippen molar-refractivity contribution in [1.82, 2.24) is 0 Å². The van der Waals surface area contributed by atoms with Gasteiger partial charge in [-0.15, -0.1) is 0 Å². The molecule has 0 fully saturated rings. The quantitative estimate of drug-likeness (QED) is 0.763. The van der Waals surface area contributed by atoms with Gasteiger partial charge in [0.05, 0.1) is 5.70 Å². The summed E-state index contributed by atoms with van der Waals surface area (Å²) in [4.78, 5) is 0. The van der Waals surface area contributed by atoms with E-state index in [0.717, 1.165) is 33.7 Å². The van der Waals surface area contributed by atoms with E-state index in [1.165, 1.54) is 0 Å². The number of nitrogens with two attached hydrogens (primary N) is 1. The smallest absolute Gasteiger partial charge is 0.153 e. The monoisotopic (exact) mass is 201 g/mol. The summed E-state index contributed by atoms with van der Waals surface area (Å²) in [6, 6.07) is 8.00. The molecule has 2 heteroatoms. The largest absolute Gasteiger partial charge is 0.454 e. The standard InChI is InChI=1S/C13H15NO/c1-3-9-10-7-5-6-8-12(10)15-13(9)11(14)4-2/h3,5-8H,4,14H2,1-2H3/b9-3-,13-11-. The van der Waals surface area contributed by atoms with Crippen molar-refractivity contribution in [2.45, 2.75) is 20.3 Å². The van der Waals surface area contributed by atoms with Gasteiger partial charge in [0.1, 0.15) is 5.58 Å². The van der Waals surface area contributed by atoms with E-state index in [-0.39, 0.29) is 0 Å². The van der Waals surface area contributed by atoms with E-state index in [2.05, 4.69) is 6.07 Å². The summed E-state index contributed by atoms with van der Waals surface area (Å²) in [5.41, 5.74) is 8.46. The third-order valence-electron chi connectivity index (χ3n) is 2.60. The second kappa shape index (κ2) is 3.81. The van der Waals surface area contributed by atoms with Crippen LogP contribution in [0.4, 0.5) is 0 Å². The average molecular weight is 201 g/mol. The Balaban J connectivity index is 3.01. The highest BCUT2D eigenvalue weighted by atomic mass is 16.3. The molecule has 0 radical (unpaired) electrons. The predicted octanol–water partition coefficient (Wildman–Crippen LogP) is 1.71. The molecule has 0 aliphatic rings. The lowest BCUT2D eigenvalue weighted by molar-refractivity contribution is 0.569. The number of fused-ring (bicyclic) bond motifs is 1. The van der Waals surface area contributed by atoms with Crippen molar-refractivity contribution in [2.75, 3.05) is 0 Å². The molecule has 2 N–H and O–H groups in total. The molecule has 0 saturated carbocycles. The maximum atomic E-state index is 5.94. The van der Waals surface area contributed by atoms with E-state index in [4.69, 9.17) is 10.2 Å².